The van der Waals surface area contributed by atoms with Crippen molar-refractivity contribution in [3.63, 3.8) is 0 Å². The number of hydrogen-bond acceptors (Lipinski definition) is 0. The summed E-state index contributed by atoms with van der Waals surface area (Å²) in [5.74, 6) is 0. The van der Waals surface area contributed by atoms with Gasteiger partial charge in [-0.15, -0.1) is 0 Å². The first-order chi connectivity index (χ1) is 7.33. The molecule has 1 heteroatoms. The van der Waals surface area contributed by atoms with Crippen LogP contribution in [0.2, 0.25) is 5.02 Å². The van der Waals surface area contributed by atoms with Crippen LogP contribution in [-0.2, 0) is 6.42 Å². The van der Waals surface area contributed by atoms with Gasteiger partial charge in [0, 0.05) is 5.02 Å². The summed E-state index contributed by atoms with van der Waals surface area (Å²) >= 11 is 5.83. The minimum absolute atomic E-state index is 0.835. The van der Waals surface area contributed by atoms with E-state index < -0.39 is 0 Å². The maximum atomic E-state index is 5.83. The van der Waals surface area contributed by atoms with Crippen molar-refractivity contribution >= 4 is 11.6 Å². The number of halogens is 1. The number of rotatable bonds is 7. The molecule has 15 heavy (non-hydrogen) atoms. The molecule has 84 valence electrons. The monoisotopic (exact) mass is 224 g/mol. The Labute approximate surface area is 98.7 Å². The van der Waals surface area contributed by atoms with E-state index in [2.05, 4.69) is 19.1 Å². The van der Waals surface area contributed by atoms with Crippen LogP contribution in [0.1, 0.15) is 51.0 Å². The van der Waals surface area contributed by atoms with Gasteiger partial charge >= 0.3 is 0 Å². The summed E-state index contributed by atoms with van der Waals surface area (Å²) in [4.78, 5) is 0. The molecule has 0 amide bonds. The Balaban J connectivity index is 2.07. The van der Waals surface area contributed by atoms with E-state index >= 15 is 0 Å². The van der Waals surface area contributed by atoms with Crippen molar-refractivity contribution in [3.05, 3.63) is 34.9 Å². The van der Waals surface area contributed by atoms with Crippen molar-refractivity contribution in [2.75, 3.05) is 0 Å². The molecule has 0 atom stereocenters. The molecule has 0 heterocycles. The molecule has 0 radical (unpaired) electrons. The SMILES string of the molecule is CCCCCCCCc1ccc(Cl)cc1. The van der Waals surface area contributed by atoms with Crippen molar-refractivity contribution in [1.82, 2.24) is 0 Å². The van der Waals surface area contributed by atoms with Crippen LogP contribution in [0.4, 0.5) is 0 Å². The largest absolute Gasteiger partial charge is 0.0843 e. The van der Waals surface area contributed by atoms with Gasteiger partial charge in [-0.1, -0.05) is 62.8 Å². The average molecular weight is 225 g/mol. The molecule has 0 fully saturated rings. The molecule has 0 aliphatic heterocycles. The van der Waals surface area contributed by atoms with E-state index in [9.17, 15) is 0 Å². The zero-order valence-corrected chi connectivity index (χ0v) is 10.4. The van der Waals surface area contributed by atoms with Gasteiger partial charge in [0.1, 0.15) is 0 Å². The van der Waals surface area contributed by atoms with Crippen molar-refractivity contribution < 1.29 is 0 Å². The molecule has 0 spiro atoms. The molecule has 1 aromatic rings. The van der Waals surface area contributed by atoms with Crippen LogP contribution in [0.5, 0.6) is 0 Å². The maximum absolute atomic E-state index is 5.83. The van der Waals surface area contributed by atoms with Crippen molar-refractivity contribution in [2.45, 2.75) is 51.9 Å². The highest BCUT2D eigenvalue weighted by atomic mass is 35.5. The molecule has 1 rings (SSSR count). The summed E-state index contributed by atoms with van der Waals surface area (Å²) in [7, 11) is 0. The minimum Gasteiger partial charge on any atom is -0.0843 e. The minimum atomic E-state index is 0.835. The van der Waals surface area contributed by atoms with Crippen LogP contribution in [0.15, 0.2) is 24.3 Å². The zero-order chi connectivity index (χ0) is 10.9. The third kappa shape index (κ3) is 5.84. The molecule has 0 saturated carbocycles. The van der Waals surface area contributed by atoms with Gasteiger partial charge in [-0.05, 0) is 30.5 Å². The summed E-state index contributed by atoms with van der Waals surface area (Å²) < 4.78 is 0. The Bertz CT molecular complexity index is 251. The Morgan fingerprint density at radius 1 is 0.867 bits per heavy atom. The van der Waals surface area contributed by atoms with Crippen molar-refractivity contribution in [3.8, 4) is 0 Å². The lowest BCUT2D eigenvalue weighted by atomic mass is 10.1. The molecule has 0 saturated heterocycles. The highest BCUT2D eigenvalue weighted by Gasteiger charge is 1.94. The normalized spacial score (nSPS) is 10.5. The van der Waals surface area contributed by atoms with Crippen LogP contribution in [0.25, 0.3) is 0 Å². The summed E-state index contributed by atoms with van der Waals surface area (Å²) in [6, 6.07) is 8.23. The van der Waals surface area contributed by atoms with Gasteiger partial charge in [0.25, 0.3) is 0 Å². The summed E-state index contributed by atoms with van der Waals surface area (Å²) in [6.07, 6.45) is 9.38. The molecule has 0 bridgehead atoms. The van der Waals surface area contributed by atoms with Crippen LogP contribution in [-0.4, -0.2) is 0 Å². The quantitative estimate of drug-likeness (QED) is 0.556. The maximum Gasteiger partial charge on any atom is 0.0406 e. The van der Waals surface area contributed by atoms with E-state index in [-0.39, 0.29) is 0 Å². The third-order valence-electron chi connectivity index (χ3n) is 2.73. The second kappa shape index (κ2) is 7.76. The lowest BCUT2D eigenvalue weighted by Gasteiger charge is -2.02. The Morgan fingerprint density at radius 3 is 2.13 bits per heavy atom. The van der Waals surface area contributed by atoms with E-state index in [1.54, 1.807) is 0 Å². The molecule has 0 aliphatic carbocycles. The predicted molar refractivity (Wildman–Crippen MR) is 68.5 cm³/mol. The molecule has 0 nitrogen and oxygen atoms in total. The van der Waals surface area contributed by atoms with E-state index in [1.807, 2.05) is 12.1 Å². The van der Waals surface area contributed by atoms with Crippen molar-refractivity contribution in [2.24, 2.45) is 0 Å². The Kier molecular flexibility index (Phi) is 6.50. The topological polar surface area (TPSA) is 0 Å². The highest BCUT2D eigenvalue weighted by molar-refractivity contribution is 6.30. The standard InChI is InChI=1S/C14H21Cl/c1-2-3-4-5-6-7-8-13-9-11-14(15)12-10-13/h9-12H,2-8H2,1H3. The van der Waals surface area contributed by atoms with Gasteiger partial charge in [0.2, 0.25) is 0 Å². The van der Waals surface area contributed by atoms with Gasteiger partial charge in [-0.25, -0.2) is 0 Å². The van der Waals surface area contributed by atoms with E-state index in [0.29, 0.717) is 0 Å². The van der Waals surface area contributed by atoms with Gasteiger partial charge in [0.05, 0.1) is 0 Å². The lowest BCUT2D eigenvalue weighted by Crippen LogP contribution is -1.85. The first-order valence-electron chi connectivity index (χ1n) is 6.07. The number of unbranched alkanes of at least 4 members (excludes halogenated alkanes) is 5. The van der Waals surface area contributed by atoms with Gasteiger partial charge in [0.15, 0.2) is 0 Å². The molecule has 0 N–H and O–H groups in total. The van der Waals surface area contributed by atoms with Gasteiger partial charge in [-0.3, -0.25) is 0 Å². The number of hydrogen-bond donors (Lipinski definition) is 0. The van der Waals surface area contributed by atoms with Crippen molar-refractivity contribution in [1.29, 1.82) is 0 Å². The molecule has 1 aromatic carbocycles. The second-order valence-corrected chi connectivity index (χ2v) is 4.58. The molecular weight excluding hydrogens is 204 g/mol. The lowest BCUT2D eigenvalue weighted by molar-refractivity contribution is 0.607. The molecular formula is C14H21Cl. The Morgan fingerprint density at radius 2 is 1.47 bits per heavy atom. The fraction of sp³-hybridized carbons (Fsp3) is 0.571. The number of benzene rings is 1. The average Bonchev–Trinajstić information content (AvgIpc) is 2.26. The van der Waals surface area contributed by atoms with Gasteiger partial charge < -0.3 is 0 Å². The molecule has 0 aliphatic rings. The first-order valence-corrected chi connectivity index (χ1v) is 6.45. The molecule has 0 aromatic heterocycles. The van der Waals surface area contributed by atoms with E-state index in [1.165, 1.54) is 50.5 Å². The van der Waals surface area contributed by atoms with E-state index in [0.717, 1.165) is 5.02 Å². The summed E-state index contributed by atoms with van der Waals surface area (Å²) in [5, 5.41) is 0.835. The number of aryl methyl sites for hydroxylation is 1. The third-order valence-corrected chi connectivity index (χ3v) is 2.98. The van der Waals surface area contributed by atoms with E-state index in [4.69, 9.17) is 11.6 Å². The second-order valence-electron chi connectivity index (χ2n) is 4.14. The van der Waals surface area contributed by atoms with Gasteiger partial charge in [-0.2, -0.15) is 0 Å². The fourth-order valence-electron chi connectivity index (χ4n) is 1.76. The predicted octanol–water partition coefficient (Wildman–Crippen LogP) is 5.24. The summed E-state index contributed by atoms with van der Waals surface area (Å²) in [6.45, 7) is 2.26. The molecule has 0 unspecified atom stereocenters. The van der Waals surface area contributed by atoms with Crippen LogP contribution < -0.4 is 0 Å². The fourth-order valence-corrected chi connectivity index (χ4v) is 1.89. The van der Waals surface area contributed by atoms with Crippen LogP contribution >= 0.6 is 11.6 Å². The Hall–Kier alpha value is -0.490. The first kappa shape index (κ1) is 12.6. The van der Waals surface area contributed by atoms with Crippen LogP contribution in [0, 0.1) is 0 Å². The zero-order valence-electron chi connectivity index (χ0n) is 9.64. The summed E-state index contributed by atoms with van der Waals surface area (Å²) in [5.41, 5.74) is 1.41. The smallest absolute Gasteiger partial charge is 0.0406 e. The van der Waals surface area contributed by atoms with Crippen LogP contribution in [0.3, 0.4) is 0 Å². The highest BCUT2D eigenvalue weighted by Crippen LogP contribution is 2.13.